The van der Waals surface area contributed by atoms with Crippen molar-refractivity contribution in [3.63, 3.8) is 0 Å². The molecule has 4 aliphatic rings. The summed E-state index contributed by atoms with van der Waals surface area (Å²) in [6.45, 7) is 6.22. The van der Waals surface area contributed by atoms with Gasteiger partial charge in [0.25, 0.3) is 0 Å². The maximum absolute atomic E-state index is 12.3. The van der Waals surface area contributed by atoms with Crippen molar-refractivity contribution in [3.8, 4) is 0 Å². The van der Waals surface area contributed by atoms with Crippen molar-refractivity contribution in [1.29, 1.82) is 0 Å². The van der Waals surface area contributed by atoms with Gasteiger partial charge < -0.3 is 25.7 Å². The van der Waals surface area contributed by atoms with E-state index in [9.17, 15) is 24.9 Å². The standard InChI is InChI=1S/C26H43NO6/c1-15(4-7-22(30)27-14-23(31)32)18-5-6-19-25(18,3)21(29)13-20-24(2)10-9-17(28)12-16(24)8-11-26(19,20)33/h15-21,28-29,33H,4-14H2,1-3H3,(H,27,30)(H,31,32)/t15-,16?,17?,18-,19-,20-,21?,24+,25-,26-/m1/s1. The molecule has 0 saturated heterocycles. The summed E-state index contributed by atoms with van der Waals surface area (Å²) in [6.07, 6.45) is 6.80. The summed E-state index contributed by atoms with van der Waals surface area (Å²) in [5, 5.41) is 45.3. The first-order valence-electron chi connectivity index (χ1n) is 13.0. The van der Waals surface area contributed by atoms with Crippen LogP contribution in [0.3, 0.4) is 0 Å². The number of hydrogen-bond acceptors (Lipinski definition) is 5. The van der Waals surface area contributed by atoms with E-state index in [1.165, 1.54) is 0 Å². The van der Waals surface area contributed by atoms with Crippen molar-refractivity contribution < 1.29 is 30.0 Å². The van der Waals surface area contributed by atoms with Crippen LogP contribution < -0.4 is 5.32 Å². The van der Waals surface area contributed by atoms with E-state index in [-0.39, 0.29) is 59.5 Å². The fourth-order valence-electron chi connectivity index (χ4n) is 9.04. The Morgan fingerprint density at radius 2 is 1.76 bits per heavy atom. The predicted octanol–water partition coefficient (Wildman–Crippen LogP) is 2.71. The molecule has 0 spiro atoms. The van der Waals surface area contributed by atoms with E-state index in [1.807, 2.05) is 0 Å². The van der Waals surface area contributed by atoms with E-state index < -0.39 is 17.7 Å². The number of carbonyl (C=O) groups excluding carboxylic acids is 1. The Labute approximate surface area is 197 Å². The van der Waals surface area contributed by atoms with E-state index in [1.54, 1.807) is 0 Å². The van der Waals surface area contributed by atoms with Crippen LogP contribution in [0.1, 0.15) is 85.0 Å². The van der Waals surface area contributed by atoms with E-state index in [0.717, 1.165) is 44.9 Å². The average Bonchev–Trinajstić information content (AvgIpc) is 3.13. The first-order valence-corrected chi connectivity index (χ1v) is 13.0. The molecule has 3 unspecified atom stereocenters. The second kappa shape index (κ2) is 8.80. The molecule has 0 heterocycles. The SMILES string of the molecule is C[C@H](CCC(=O)NCC(=O)O)[C@H]1CC[C@H]2[C@]3(O)CCC4CC(O)CC[C@]4(C)[C@H]3CC(O)[C@]12C. The number of fused-ring (bicyclic) bond motifs is 5. The normalized spacial score (nSPS) is 47.7. The summed E-state index contributed by atoms with van der Waals surface area (Å²) in [6, 6.07) is 0. The highest BCUT2D eigenvalue weighted by Gasteiger charge is 2.69. The quantitative estimate of drug-likeness (QED) is 0.410. The van der Waals surface area contributed by atoms with E-state index in [0.29, 0.717) is 18.8 Å². The van der Waals surface area contributed by atoms with Crippen LogP contribution in [0.5, 0.6) is 0 Å². The third-order valence-corrected chi connectivity index (χ3v) is 10.8. The Hall–Kier alpha value is -1.18. The first-order chi connectivity index (χ1) is 15.4. The van der Waals surface area contributed by atoms with Gasteiger partial charge in [-0.1, -0.05) is 20.8 Å². The lowest BCUT2D eigenvalue weighted by atomic mass is 9.42. The van der Waals surface area contributed by atoms with E-state index in [2.05, 4.69) is 26.1 Å². The van der Waals surface area contributed by atoms with Crippen LogP contribution in [0, 0.1) is 40.4 Å². The number of aliphatic carboxylic acids is 1. The molecule has 0 aromatic carbocycles. The Bertz CT molecular complexity index is 774. The highest BCUT2D eigenvalue weighted by atomic mass is 16.4. The number of amides is 1. The fraction of sp³-hybridized carbons (Fsp3) is 0.923. The summed E-state index contributed by atoms with van der Waals surface area (Å²) in [4.78, 5) is 22.7. The van der Waals surface area contributed by atoms with Crippen molar-refractivity contribution in [2.24, 2.45) is 40.4 Å². The van der Waals surface area contributed by atoms with Gasteiger partial charge in [-0.05, 0) is 92.8 Å². The Balaban J connectivity index is 1.50. The van der Waals surface area contributed by atoms with Crippen molar-refractivity contribution in [1.82, 2.24) is 5.32 Å². The summed E-state index contributed by atoms with van der Waals surface area (Å²) >= 11 is 0. The fourth-order valence-corrected chi connectivity index (χ4v) is 9.04. The zero-order valence-corrected chi connectivity index (χ0v) is 20.4. The Kier molecular flexibility index (Phi) is 6.64. The van der Waals surface area contributed by atoms with Crippen LogP contribution in [0.2, 0.25) is 0 Å². The maximum Gasteiger partial charge on any atom is 0.322 e. The van der Waals surface area contributed by atoms with Crippen molar-refractivity contribution >= 4 is 11.9 Å². The molecule has 188 valence electrons. The predicted molar refractivity (Wildman–Crippen MR) is 123 cm³/mol. The molecule has 33 heavy (non-hydrogen) atoms. The number of carboxylic acids is 1. The highest BCUT2D eigenvalue weighted by Crippen LogP contribution is 2.69. The molecule has 0 bridgehead atoms. The Morgan fingerprint density at radius 3 is 2.45 bits per heavy atom. The van der Waals surface area contributed by atoms with Crippen LogP contribution in [-0.4, -0.2) is 56.7 Å². The molecule has 1 amide bonds. The number of aliphatic hydroxyl groups is 3. The lowest BCUT2D eigenvalue weighted by molar-refractivity contribution is -0.254. The van der Waals surface area contributed by atoms with Gasteiger partial charge in [-0.15, -0.1) is 0 Å². The number of carboxylic acid groups (broad SMARTS) is 1. The topological polar surface area (TPSA) is 127 Å². The number of hydrogen-bond donors (Lipinski definition) is 5. The van der Waals surface area contributed by atoms with Crippen LogP contribution in [0.25, 0.3) is 0 Å². The Morgan fingerprint density at radius 1 is 1.03 bits per heavy atom. The zero-order chi connectivity index (χ0) is 24.2. The summed E-state index contributed by atoms with van der Waals surface area (Å²) in [5.41, 5.74) is -1.21. The highest BCUT2D eigenvalue weighted by molar-refractivity contribution is 5.81. The smallest absolute Gasteiger partial charge is 0.322 e. The lowest BCUT2D eigenvalue weighted by Crippen LogP contribution is -2.67. The van der Waals surface area contributed by atoms with Crippen LogP contribution in [-0.2, 0) is 9.59 Å². The van der Waals surface area contributed by atoms with Gasteiger partial charge in [0.05, 0.1) is 17.8 Å². The van der Waals surface area contributed by atoms with Gasteiger partial charge in [0.2, 0.25) is 5.91 Å². The molecular formula is C26H43NO6. The molecule has 7 nitrogen and oxygen atoms in total. The number of aliphatic hydroxyl groups excluding tert-OH is 2. The third kappa shape index (κ3) is 4.02. The van der Waals surface area contributed by atoms with Crippen molar-refractivity contribution in [2.45, 2.75) is 103 Å². The number of nitrogens with one attached hydrogen (secondary N) is 1. The van der Waals surface area contributed by atoms with Gasteiger partial charge in [0.15, 0.2) is 0 Å². The van der Waals surface area contributed by atoms with Gasteiger partial charge in [0.1, 0.15) is 6.54 Å². The molecule has 0 aromatic rings. The molecule has 5 N–H and O–H groups in total. The maximum atomic E-state index is 12.3. The molecule has 0 aliphatic heterocycles. The summed E-state index contributed by atoms with van der Waals surface area (Å²) < 4.78 is 0. The summed E-state index contributed by atoms with van der Waals surface area (Å²) in [7, 11) is 0. The van der Waals surface area contributed by atoms with Crippen molar-refractivity contribution in [2.75, 3.05) is 6.54 Å². The molecule has 0 aromatic heterocycles. The van der Waals surface area contributed by atoms with E-state index in [4.69, 9.17) is 5.11 Å². The molecule has 4 saturated carbocycles. The second-order valence-electron chi connectivity index (χ2n) is 12.3. The zero-order valence-electron chi connectivity index (χ0n) is 20.4. The van der Waals surface area contributed by atoms with Crippen LogP contribution in [0.15, 0.2) is 0 Å². The molecular weight excluding hydrogens is 422 g/mol. The van der Waals surface area contributed by atoms with Gasteiger partial charge in [-0.2, -0.15) is 0 Å². The average molecular weight is 466 g/mol. The van der Waals surface area contributed by atoms with E-state index >= 15 is 0 Å². The minimum atomic E-state index is -1.05. The third-order valence-electron chi connectivity index (χ3n) is 10.8. The van der Waals surface area contributed by atoms with Gasteiger partial charge >= 0.3 is 5.97 Å². The summed E-state index contributed by atoms with van der Waals surface area (Å²) in [5.74, 6) is -0.389. The van der Waals surface area contributed by atoms with Gasteiger partial charge in [-0.25, -0.2) is 0 Å². The number of carbonyl (C=O) groups is 2. The molecule has 4 rings (SSSR count). The molecule has 10 atom stereocenters. The van der Waals surface area contributed by atoms with Gasteiger partial charge in [0, 0.05) is 11.8 Å². The van der Waals surface area contributed by atoms with Crippen LogP contribution in [0.4, 0.5) is 0 Å². The largest absolute Gasteiger partial charge is 0.480 e. The molecule has 7 heteroatoms. The van der Waals surface area contributed by atoms with Crippen LogP contribution >= 0.6 is 0 Å². The first kappa shape index (κ1) is 24.9. The monoisotopic (exact) mass is 465 g/mol. The number of rotatable bonds is 6. The lowest BCUT2D eigenvalue weighted by Gasteiger charge is -2.65. The minimum Gasteiger partial charge on any atom is -0.480 e. The molecule has 0 radical (unpaired) electrons. The molecule has 4 fully saturated rings. The second-order valence-corrected chi connectivity index (χ2v) is 12.3. The van der Waals surface area contributed by atoms with Gasteiger partial charge in [-0.3, -0.25) is 9.59 Å². The molecule has 4 aliphatic carbocycles. The van der Waals surface area contributed by atoms with Crippen molar-refractivity contribution in [3.05, 3.63) is 0 Å². The minimum absolute atomic E-state index is 0.0386.